The maximum absolute atomic E-state index is 10.9. The molecule has 1 heterocycles. The summed E-state index contributed by atoms with van der Waals surface area (Å²) in [7, 11) is -1.71. The van der Waals surface area contributed by atoms with Gasteiger partial charge in [0.2, 0.25) is 8.32 Å². The fourth-order valence-electron chi connectivity index (χ4n) is 1.30. The monoisotopic (exact) mass is 215 g/mol. The zero-order chi connectivity index (χ0) is 10.8. The van der Waals surface area contributed by atoms with Gasteiger partial charge in [0, 0.05) is 6.54 Å². The minimum absolute atomic E-state index is 0.530. The first-order valence-corrected chi connectivity index (χ1v) is 8.20. The van der Waals surface area contributed by atoms with E-state index in [1.807, 2.05) is 25.7 Å². The van der Waals surface area contributed by atoms with Crippen LogP contribution in [0.2, 0.25) is 19.6 Å². The van der Waals surface area contributed by atoms with E-state index in [4.69, 9.17) is 9.53 Å². The van der Waals surface area contributed by atoms with Gasteiger partial charge in [-0.05, 0) is 38.6 Å². The molecule has 0 aliphatic carbocycles. The maximum atomic E-state index is 10.9. The Morgan fingerprint density at radius 3 is 2.71 bits per heavy atom. The Kier molecular flexibility index (Phi) is 3.20. The van der Waals surface area contributed by atoms with Gasteiger partial charge in [0.1, 0.15) is 0 Å². The fourth-order valence-corrected chi connectivity index (χ4v) is 2.12. The molecule has 0 unspecified atom stereocenters. The quantitative estimate of drug-likeness (QED) is 0.720. The molecule has 5 heteroatoms. The molecule has 0 aromatic carbocycles. The molecule has 4 nitrogen and oxygen atoms in total. The number of amides is 1. The predicted molar refractivity (Wildman–Crippen MR) is 56.5 cm³/mol. The van der Waals surface area contributed by atoms with Crippen LogP contribution in [0.25, 0.3) is 0 Å². The zero-order valence-corrected chi connectivity index (χ0v) is 9.91. The van der Waals surface area contributed by atoms with Gasteiger partial charge in [-0.3, -0.25) is 0 Å². The molecular weight excluding hydrogens is 198 g/mol. The summed E-state index contributed by atoms with van der Waals surface area (Å²) in [6, 6.07) is 0. The number of rotatable bonds is 2. The second-order valence-electron chi connectivity index (χ2n) is 4.33. The Morgan fingerprint density at radius 2 is 2.21 bits per heavy atom. The van der Waals surface area contributed by atoms with Crippen molar-refractivity contribution in [3.63, 3.8) is 0 Å². The highest BCUT2D eigenvalue weighted by molar-refractivity contribution is 6.70. The predicted octanol–water partition coefficient (Wildman–Crippen LogP) is 2.45. The highest BCUT2D eigenvalue weighted by atomic mass is 28.4. The van der Waals surface area contributed by atoms with Crippen LogP contribution in [-0.4, -0.2) is 31.0 Å². The summed E-state index contributed by atoms with van der Waals surface area (Å²) in [4.78, 5) is 12.2. The molecule has 80 valence electrons. The second-order valence-corrected chi connectivity index (χ2v) is 8.76. The van der Waals surface area contributed by atoms with Crippen molar-refractivity contribution in [1.82, 2.24) is 4.90 Å². The number of carbonyl (C=O) groups is 1. The third kappa shape index (κ3) is 3.06. The van der Waals surface area contributed by atoms with Crippen molar-refractivity contribution in [2.75, 3.05) is 6.54 Å². The van der Waals surface area contributed by atoms with Crippen LogP contribution in [0.4, 0.5) is 4.79 Å². The van der Waals surface area contributed by atoms with Crippen molar-refractivity contribution in [2.45, 2.75) is 32.5 Å². The SMILES string of the molecule is C[Si](C)(C)OC1=CCCCN1C(=O)O. The highest BCUT2D eigenvalue weighted by Gasteiger charge is 2.26. The molecule has 1 aliphatic rings. The molecule has 0 atom stereocenters. The lowest BCUT2D eigenvalue weighted by molar-refractivity contribution is 0.131. The van der Waals surface area contributed by atoms with Crippen LogP contribution in [0, 0.1) is 0 Å². The lowest BCUT2D eigenvalue weighted by atomic mass is 10.2. The van der Waals surface area contributed by atoms with Crippen LogP contribution in [-0.2, 0) is 4.43 Å². The van der Waals surface area contributed by atoms with Crippen molar-refractivity contribution in [1.29, 1.82) is 0 Å². The standard InChI is InChI=1S/C9H17NO3Si/c1-14(2,3)13-8-6-4-5-7-10(8)9(11)12/h6H,4-5,7H2,1-3H3,(H,11,12). The summed E-state index contributed by atoms with van der Waals surface area (Å²) in [5.41, 5.74) is 0. The van der Waals surface area contributed by atoms with Gasteiger partial charge in [-0.25, -0.2) is 9.69 Å². The van der Waals surface area contributed by atoms with Crippen LogP contribution in [0.15, 0.2) is 12.0 Å². The van der Waals surface area contributed by atoms with Crippen molar-refractivity contribution in [3.05, 3.63) is 12.0 Å². The average Bonchev–Trinajstić information content (AvgIpc) is 2.01. The normalized spacial score (nSPS) is 17.6. The minimum atomic E-state index is -1.71. The fraction of sp³-hybridized carbons (Fsp3) is 0.667. The van der Waals surface area contributed by atoms with E-state index in [2.05, 4.69) is 0 Å². The average molecular weight is 215 g/mol. The van der Waals surface area contributed by atoms with Crippen LogP contribution in [0.3, 0.4) is 0 Å². The molecule has 1 N–H and O–H groups in total. The summed E-state index contributed by atoms with van der Waals surface area (Å²) < 4.78 is 5.70. The molecule has 0 saturated carbocycles. The van der Waals surface area contributed by atoms with Gasteiger partial charge < -0.3 is 9.53 Å². The Morgan fingerprint density at radius 1 is 1.57 bits per heavy atom. The molecule has 0 aromatic heterocycles. The van der Waals surface area contributed by atoms with Gasteiger partial charge in [-0.1, -0.05) is 0 Å². The Hall–Kier alpha value is -0.973. The van der Waals surface area contributed by atoms with Gasteiger partial charge >= 0.3 is 6.09 Å². The van der Waals surface area contributed by atoms with Crippen LogP contribution in [0.1, 0.15) is 12.8 Å². The topological polar surface area (TPSA) is 49.8 Å². The Balaban J connectivity index is 2.73. The number of nitrogens with zero attached hydrogens (tertiary/aromatic N) is 1. The number of hydrogen-bond donors (Lipinski definition) is 1. The van der Waals surface area contributed by atoms with E-state index < -0.39 is 14.4 Å². The molecule has 0 radical (unpaired) electrons. The van der Waals surface area contributed by atoms with Crippen LogP contribution in [0.5, 0.6) is 0 Å². The van der Waals surface area contributed by atoms with Gasteiger partial charge in [0.25, 0.3) is 0 Å². The molecule has 1 amide bonds. The number of allylic oxidation sites excluding steroid dienone is 1. The summed E-state index contributed by atoms with van der Waals surface area (Å²) in [5, 5.41) is 8.93. The van der Waals surface area contributed by atoms with Gasteiger partial charge in [0.05, 0.1) is 0 Å². The van der Waals surface area contributed by atoms with Crippen LogP contribution >= 0.6 is 0 Å². The van der Waals surface area contributed by atoms with E-state index in [0.717, 1.165) is 12.8 Å². The lowest BCUT2D eigenvalue weighted by Gasteiger charge is -2.30. The summed E-state index contributed by atoms with van der Waals surface area (Å²) in [5.74, 6) is 0.530. The molecule has 0 saturated heterocycles. The zero-order valence-electron chi connectivity index (χ0n) is 8.91. The van der Waals surface area contributed by atoms with Gasteiger partial charge in [-0.2, -0.15) is 0 Å². The Labute approximate surface area is 85.3 Å². The molecule has 1 aliphatic heterocycles. The van der Waals surface area contributed by atoms with Crippen LogP contribution < -0.4 is 0 Å². The smallest absolute Gasteiger partial charge is 0.414 e. The third-order valence-electron chi connectivity index (χ3n) is 1.81. The molecule has 0 bridgehead atoms. The van der Waals surface area contributed by atoms with Gasteiger partial charge in [0.15, 0.2) is 5.88 Å². The number of hydrogen-bond acceptors (Lipinski definition) is 2. The van der Waals surface area contributed by atoms with E-state index in [1.165, 1.54) is 4.90 Å². The maximum Gasteiger partial charge on any atom is 0.414 e. The molecule has 0 aromatic rings. The van der Waals surface area contributed by atoms with Crippen molar-refractivity contribution >= 4 is 14.4 Å². The third-order valence-corrected chi connectivity index (χ3v) is 2.63. The lowest BCUT2D eigenvalue weighted by Crippen LogP contribution is -2.38. The van der Waals surface area contributed by atoms with E-state index in [9.17, 15) is 4.79 Å². The summed E-state index contributed by atoms with van der Waals surface area (Å²) >= 11 is 0. The highest BCUT2D eigenvalue weighted by Crippen LogP contribution is 2.20. The van der Waals surface area contributed by atoms with Crippen molar-refractivity contribution < 1.29 is 14.3 Å². The summed E-state index contributed by atoms with van der Waals surface area (Å²) in [6.07, 6.45) is 2.74. The van der Waals surface area contributed by atoms with E-state index in [0.29, 0.717) is 12.4 Å². The Bertz CT molecular complexity index is 257. The first kappa shape index (κ1) is 11.1. The van der Waals surface area contributed by atoms with Crippen molar-refractivity contribution in [2.24, 2.45) is 0 Å². The van der Waals surface area contributed by atoms with Crippen molar-refractivity contribution in [3.8, 4) is 0 Å². The number of carboxylic acid groups (broad SMARTS) is 1. The molecule has 1 rings (SSSR count). The molecule has 0 spiro atoms. The molecule has 0 fully saturated rings. The van der Waals surface area contributed by atoms with E-state index >= 15 is 0 Å². The van der Waals surface area contributed by atoms with E-state index in [1.54, 1.807) is 0 Å². The second kappa shape index (κ2) is 4.04. The van der Waals surface area contributed by atoms with E-state index in [-0.39, 0.29) is 0 Å². The van der Waals surface area contributed by atoms with Gasteiger partial charge in [-0.15, -0.1) is 0 Å². The first-order valence-electron chi connectivity index (χ1n) is 4.80. The molecular formula is C9H17NO3Si. The largest absolute Gasteiger partial charge is 0.533 e. The summed E-state index contributed by atoms with van der Waals surface area (Å²) in [6.45, 7) is 6.68. The molecule has 14 heavy (non-hydrogen) atoms. The minimum Gasteiger partial charge on any atom is -0.533 e. The first-order chi connectivity index (χ1) is 6.40.